The Kier molecular flexibility index (Phi) is 4.01. The predicted octanol–water partition coefficient (Wildman–Crippen LogP) is 1.60. The van der Waals surface area contributed by atoms with Crippen LogP contribution in [0.5, 0.6) is 0 Å². The van der Waals surface area contributed by atoms with E-state index in [1.165, 1.54) is 18.5 Å². The summed E-state index contributed by atoms with van der Waals surface area (Å²) >= 11 is 0. The topological polar surface area (TPSA) is 59.7 Å². The molecule has 1 fully saturated rings. The van der Waals surface area contributed by atoms with E-state index in [0.717, 1.165) is 31.9 Å². The molecule has 1 unspecified atom stereocenters. The van der Waals surface area contributed by atoms with E-state index in [2.05, 4.69) is 37.5 Å². The first kappa shape index (κ1) is 13.2. The SMILES string of the molecule is Cc1nnnn1CCCN1CCCC1c1ccccn1. The molecule has 0 radical (unpaired) electrons. The number of hydrogen-bond donors (Lipinski definition) is 0. The number of pyridine rings is 1. The van der Waals surface area contributed by atoms with Gasteiger partial charge < -0.3 is 0 Å². The lowest BCUT2D eigenvalue weighted by Gasteiger charge is -2.23. The van der Waals surface area contributed by atoms with Crippen molar-refractivity contribution in [2.45, 2.75) is 38.8 Å². The fourth-order valence-corrected chi connectivity index (χ4v) is 2.88. The van der Waals surface area contributed by atoms with Crippen LogP contribution in [0.15, 0.2) is 24.4 Å². The van der Waals surface area contributed by atoms with Gasteiger partial charge in [0.1, 0.15) is 5.82 Å². The van der Waals surface area contributed by atoms with Crippen molar-refractivity contribution in [2.75, 3.05) is 13.1 Å². The maximum atomic E-state index is 4.50. The van der Waals surface area contributed by atoms with Gasteiger partial charge in [-0.15, -0.1) is 5.10 Å². The second-order valence-electron chi connectivity index (χ2n) is 5.25. The molecule has 6 heteroatoms. The summed E-state index contributed by atoms with van der Waals surface area (Å²) in [6, 6.07) is 6.66. The minimum Gasteiger partial charge on any atom is -0.295 e. The highest BCUT2D eigenvalue weighted by molar-refractivity contribution is 5.10. The van der Waals surface area contributed by atoms with Gasteiger partial charge in [-0.1, -0.05) is 6.07 Å². The zero-order valence-corrected chi connectivity index (χ0v) is 11.8. The van der Waals surface area contributed by atoms with Crippen molar-refractivity contribution in [1.29, 1.82) is 0 Å². The molecule has 3 rings (SSSR count). The highest BCUT2D eigenvalue weighted by Gasteiger charge is 2.26. The lowest BCUT2D eigenvalue weighted by atomic mass is 10.1. The van der Waals surface area contributed by atoms with Crippen LogP contribution in [0.1, 0.15) is 36.8 Å². The van der Waals surface area contributed by atoms with Gasteiger partial charge in [0.25, 0.3) is 0 Å². The van der Waals surface area contributed by atoms with Gasteiger partial charge in [0.15, 0.2) is 0 Å². The van der Waals surface area contributed by atoms with Gasteiger partial charge in [0.2, 0.25) is 0 Å². The van der Waals surface area contributed by atoms with E-state index in [9.17, 15) is 0 Å². The minimum atomic E-state index is 0.478. The number of rotatable bonds is 5. The Morgan fingerprint density at radius 2 is 2.25 bits per heavy atom. The van der Waals surface area contributed by atoms with E-state index in [0.29, 0.717) is 6.04 Å². The molecule has 106 valence electrons. The van der Waals surface area contributed by atoms with Gasteiger partial charge in [-0.2, -0.15) is 0 Å². The zero-order chi connectivity index (χ0) is 13.8. The summed E-state index contributed by atoms with van der Waals surface area (Å²) in [5.41, 5.74) is 1.20. The number of nitrogens with zero attached hydrogens (tertiary/aromatic N) is 6. The standard InChI is InChI=1S/C14H20N6/c1-12-16-17-18-20(12)11-5-10-19-9-4-7-14(19)13-6-2-3-8-15-13/h2-3,6,8,14H,4-5,7,9-11H2,1H3. The summed E-state index contributed by atoms with van der Waals surface area (Å²) in [7, 11) is 0. The van der Waals surface area contributed by atoms with Gasteiger partial charge in [0.05, 0.1) is 11.7 Å². The summed E-state index contributed by atoms with van der Waals surface area (Å²) < 4.78 is 1.87. The lowest BCUT2D eigenvalue weighted by molar-refractivity contribution is 0.243. The van der Waals surface area contributed by atoms with E-state index < -0.39 is 0 Å². The van der Waals surface area contributed by atoms with Gasteiger partial charge in [-0.05, 0) is 55.3 Å². The summed E-state index contributed by atoms with van der Waals surface area (Å²) in [6.45, 7) is 5.05. The molecule has 0 amide bonds. The Balaban J connectivity index is 1.56. The van der Waals surface area contributed by atoms with Crippen molar-refractivity contribution in [3.63, 3.8) is 0 Å². The molecule has 0 saturated carbocycles. The van der Waals surface area contributed by atoms with Crippen LogP contribution in [-0.4, -0.2) is 43.2 Å². The largest absolute Gasteiger partial charge is 0.295 e. The summed E-state index contributed by atoms with van der Waals surface area (Å²) in [5.74, 6) is 0.882. The molecule has 0 N–H and O–H groups in total. The summed E-state index contributed by atoms with van der Waals surface area (Å²) in [6.07, 6.45) is 5.41. The number of aromatic nitrogens is 5. The molecule has 0 spiro atoms. The van der Waals surface area contributed by atoms with Crippen LogP contribution in [0.3, 0.4) is 0 Å². The van der Waals surface area contributed by atoms with Crippen molar-refractivity contribution in [2.24, 2.45) is 0 Å². The Labute approximate surface area is 118 Å². The van der Waals surface area contributed by atoms with E-state index in [-0.39, 0.29) is 0 Å². The monoisotopic (exact) mass is 272 g/mol. The van der Waals surface area contributed by atoms with Crippen LogP contribution in [0.4, 0.5) is 0 Å². The first-order chi connectivity index (χ1) is 9.84. The van der Waals surface area contributed by atoms with Gasteiger partial charge in [0, 0.05) is 19.3 Å². The third-order valence-electron chi connectivity index (χ3n) is 3.92. The molecule has 1 aliphatic heterocycles. The van der Waals surface area contributed by atoms with E-state index in [1.807, 2.05) is 23.9 Å². The van der Waals surface area contributed by atoms with Crippen molar-refractivity contribution < 1.29 is 0 Å². The summed E-state index contributed by atoms with van der Waals surface area (Å²) in [5, 5.41) is 11.6. The average Bonchev–Trinajstić information content (AvgIpc) is 3.10. The van der Waals surface area contributed by atoms with Gasteiger partial charge in [-0.25, -0.2) is 4.68 Å². The molecule has 2 aromatic rings. The molecule has 2 aromatic heterocycles. The Hall–Kier alpha value is -1.82. The van der Waals surface area contributed by atoms with Crippen molar-refractivity contribution in [3.8, 4) is 0 Å². The lowest BCUT2D eigenvalue weighted by Crippen LogP contribution is -2.26. The molecule has 1 atom stereocenters. The highest BCUT2D eigenvalue weighted by Crippen LogP contribution is 2.30. The van der Waals surface area contributed by atoms with E-state index in [1.54, 1.807) is 0 Å². The normalized spacial score (nSPS) is 19.6. The third-order valence-corrected chi connectivity index (χ3v) is 3.92. The van der Waals surface area contributed by atoms with Gasteiger partial charge >= 0.3 is 0 Å². The fourth-order valence-electron chi connectivity index (χ4n) is 2.88. The van der Waals surface area contributed by atoms with Crippen molar-refractivity contribution >= 4 is 0 Å². The molecule has 0 bridgehead atoms. The predicted molar refractivity (Wildman–Crippen MR) is 75.0 cm³/mol. The molecule has 0 aliphatic carbocycles. The molecule has 1 saturated heterocycles. The molecule has 1 aliphatic rings. The van der Waals surface area contributed by atoms with Gasteiger partial charge in [-0.3, -0.25) is 9.88 Å². The Morgan fingerprint density at radius 3 is 3.00 bits per heavy atom. The second kappa shape index (κ2) is 6.09. The number of aryl methyl sites for hydroxylation is 2. The number of hydrogen-bond acceptors (Lipinski definition) is 5. The fraction of sp³-hybridized carbons (Fsp3) is 0.571. The van der Waals surface area contributed by atoms with E-state index in [4.69, 9.17) is 0 Å². The maximum absolute atomic E-state index is 4.50. The smallest absolute Gasteiger partial charge is 0.148 e. The number of likely N-dealkylation sites (tertiary alicyclic amines) is 1. The quantitative estimate of drug-likeness (QED) is 0.827. The average molecular weight is 272 g/mol. The second-order valence-corrected chi connectivity index (χ2v) is 5.25. The first-order valence-electron chi connectivity index (χ1n) is 7.22. The highest BCUT2D eigenvalue weighted by atomic mass is 15.5. The maximum Gasteiger partial charge on any atom is 0.148 e. The molecular formula is C14H20N6. The van der Waals surface area contributed by atoms with Crippen LogP contribution < -0.4 is 0 Å². The van der Waals surface area contributed by atoms with Crippen LogP contribution in [-0.2, 0) is 6.54 Å². The molecule has 6 nitrogen and oxygen atoms in total. The van der Waals surface area contributed by atoms with Crippen LogP contribution in [0.25, 0.3) is 0 Å². The summed E-state index contributed by atoms with van der Waals surface area (Å²) in [4.78, 5) is 7.03. The molecular weight excluding hydrogens is 252 g/mol. The van der Waals surface area contributed by atoms with Crippen molar-refractivity contribution in [3.05, 3.63) is 35.9 Å². The Bertz CT molecular complexity index is 538. The van der Waals surface area contributed by atoms with Crippen LogP contribution >= 0.6 is 0 Å². The number of tetrazole rings is 1. The minimum absolute atomic E-state index is 0.478. The first-order valence-corrected chi connectivity index (χ1v) is 7.22. The Morgan fingerprint density at radius 1 is 1.30 bits per heavy atom. The molecule has 0 aromatic carbocycles. The van der Waals surface area contributed by atoms with Crippen LogP contribution in [0.2, 0.25) is 0 Å². The van der Waals surface area contributed by atoms with Crippen LogP contribution in [0, 0.1) is 6.92 Å². The van der Waals surface area contributed by atoms with Crippen molar-refractivity contribution in [1.82, 2.24) is 30.1 Å². The molecule has 20 heavy (non-hydrogen) atoms. The third kappa shape index (κ3) is 2.85. The van der Waals surface area contributed by atoms with E-state index >= 15 is 0 Å². The molecule has 3 heterocycles. The zero-order valence-electron chi connectivity index (χ0n) is 11.8.